The van der Waals surface area contributed by atoms with Gasteiger partial charge in [0, 0.05) is 13.2 Å². The molecule has 0 aliphatic carbocycles. The molecule has 1 aromatic rings. The molecule has 2 rings (SSSR count). The standard InChI is InChI=1S/C16H24N4O3/c1-10(2)20-15(21)18-14(19-16(20)22)17-13(9-23-4)12-7-5-6-11(3)8-12/h5-8,10,13-14,17H,9H2,1-4H3,(H,18,21)(H,19,22)/t13-/m0/s1. The lowest BCUT2D eigenvalue weighted by atomic mass is 10.1. The maximum Gasteiger partial charge on any atom is 0.328 e. The van der Waals surface area contributed by atoms with Gasteiger partial charge in [-0.15, -0.1) is 0 Å². The van der Waals surface area contributed by atoms with Gasteiger partial charge in [0.25, 0.3) is 0 Å². The van der Waals surface area contributed by atoms with Crippen molar-refractivity contribution in [2.24, 2.45) is 0 Å². The molecule has 7 nitrogen and oxygen atoms in total. The Kier molecular flexibility index (Phi) is 5.57. The van der Waals surface area contributed by atoms with Crippen LogP contribution in [-0.4, -0.2) is 43.0 Å². The molecule has 1 atom stereocenters. The number of carbonyl (C=O) groups excluding carboxylic acids is 2. The quantitative estimate of drug-likeness (QED) is 0.745. The molecule has 1 fully saturated rings. The number of aryl methyl sites for hydroxylation is 1. The fourth-order valence-electron chi connectivity index (χ4n) is 2.56. The molecule has 1 saturated heterocycles. The van der Waals surface area contributed by atoms with Crippen LogP contribution in [0.2, 0.25) is 0 Å². The van der Waals surface area contributed by atoms with Crippen LogP contribution in [0.15, 0.2) is 24.3 Å². The van der Waals surface area contributed by atoms with Crippen molar-refractivity contribution in [3.05, 3.63) is 35.4 Å². The molecule has 0 unspecified atom stereocenters. The van der Waals surface area contributed by atoms with E-state index in [2.05, 4.69) is 16.0 Å². The van der Waals surface area contributed by atoms with Crippen LogP contribution in [-0.2, 0) is 4.74 Å². The molecule has 0 aromatic heterocycles. The SMILES string of the molecule is COC[C@H](NC1NC(=O)N(C(C)C)C(=O)N1)c1cccc(C)c1. The number of nitrogens with one attached hydrogen (secondary N) is 3. The van der Waals surface area contributed by atoms with Crippen LogP contribution >= 0.6 is 0 Å². The third-order valence-electron chi connectivity index (χ3n) is 3.64. The van der Waals surface area contributed by atoms with Crippen molar-refractivity contribution in [2.45, 2.75) is 39.1 Å². The van der Waals surface area contributed by atoms with E-state index in [-0.39, 0.29) is 12.1 Å². The van der Waals surface area contributed by atoms with Crippen LogP contribution in [0.3, 0.4) is 0 Å². The number of hydrogen-bond donors (Lipinski definition) is 3. The van der Waals surface area contributed by atoms with E-state index in [1.54, 1.807) is 21.0 Å². The monoisotopic (exact) mass is 320 g/mol. The number of carbonyl (C=O) groups is 2. The van der Waals surface area contributed by atoms with E-state index in [0.29, 0.717) is 6.61 Å². The number of urea groups is 2. The third-order valence-corrected chi connectivity index (χ3v) is 3.64. The predicted molar refractivity (Wildman–Crippen MR) is 86.8 cm³/mol. The molecule has 0 radical (unpaired) electrons. The Labute approximate surface area is 136 Å². The van der Waals surface area contributed by atoms with Gasteiger partial charge in [-0.25, -0.2) is 14.5 Å². The molecule has 0 spiro atoms. The lowest BCUT2D eigenvalue weighted by Gasteiger charge is -2.36. The summed E-state index contributed by atoms with van der Waals surface area (Å²) in [7, 11) is 1.61. The molecule has 4 amide bonds. The first-order valence-corrected chi connectivity index (χ1v) is 7.64. The highest BCUT2D eigenvalue weighted by molar-refractivity contribution is 5.96. The first-order valence-electron chi connectivity index (χ1n) is 7.64. The molecular formula is C16H24N4O3. The van der Waals surface area contributed by atoms with E-state index in [9.17, 15) is 9.59 Å². The van der Waals surface area contributed by atoms with E-state index in [1.807, 2.05) is 31.2 Å². The topological polar surface area (TPSA) is 82.7 Å². The second-order valence-electron chi connectivity index (χ2n) is 5.88. The predicted octanol–water partition coefficient (Wildman–Crippen LogP) is 1.70. The van der Waals surface area contributed by atoms with E-state index >= 15 is 0 Å². The smallest absolute Gasteiger partial charge is 0.328 e. The van der Waals surface area contributed by atoms with Crippen LogP contribution < -0.4 is 16.0 Å². The summed E-state index contributed by atoms with van der Waals surface area (Å²) in [5, 5.41) is 8.68. The van der Waals surface area contributed by atoms with Crippen molar-refractivity contribution in [3.8, 4) is 0 Å². The molecule has 1 aliphatic rings. The van der Waals surface area contributed by atoms with Crippen LogP contribution in [0.4, 0.5) is 9.59 Å². The van der Waals surface area contributed by atoms with Crippen LogP contribution in [0.25, 0.3) is 0 Å². The van der Waals surface area contributed by atoms with Gasteiger partial charge in [0.05, 0.1) is 12.6 Å². The van der Waals surface area contributed by atoms with Crippen molar-refractivity contribution in [3.63, 3.8) is 0 Å². The molecule has 7 heteroatoms. The first kappa shape index (κ1) is 17.2. The number of methoxy groups -OCH3 is 1. The number of imide groups is 1. The summed E-state index contributed by atoms with van der Waals surface area (Å²) in [6, 6.07) is 6.81. The zero-order valence-electron chi connectivity index (χ0n) is 13.9. The number of rotatable bonds is 6. The Hall–Kier alpha value is -2.12. The third kappa shape index (κ3) is 4.20. The summed E-state index contributed by atoms with van der Waals surface area (Å²) in [6.45, 7) is 6.00. The number of nitrogens with zero attached hydrogens (tertiary/aromatic N) is 1. The van der Waals surface area contributed by atoms with Crippen LogP contribution in [0.1, 0.15) is 31.0 Å². The fourth-order valence-corrected chi connectivity index (χ4v) is 2.56. The minimum Gasteiger partial charge on any atom is -0.383 e. The Morgan fingerprint density at radius 2 is 1.91 bits per heavy atom. The minimum absolute atomic E-state index is 0.156. The maximum absolute atomic E-state index is 12.1. The lowest BCUT2D eigenvalue weighted by molar-refractivity contribution is 0.129. The van der Waals surface area contributed by atoms with Crippen LogP contribution in [0.5, 0.6) is 0 Å². The molecule has 1 heterocycles. The van der Waals surface area contributed by atoms with Crippen molar-refractivity contribution in [2.75, 3.05) is 13.7 Å². The molecule has 23 heavy (non-hydrogen) atoms. The molecule has 1 aliphatic heterocycles. The van der Waals surface area contributed by atoms with E-state index in [0.717, 1.165) is 16.0 Å². The zero-order valence-corrected chi connectivity index (χ0v) is 13.9. The summed E-state index contributed by atoms with van der Waals surface area (Å²) < 4.78 is 5.25. The van der Waals surface area contributed by atoms with Gasteiger partial charge < -0.3 is 15.4 Å². The van der Waals surface area contributed by atoms with Gasteiger partial charge in [0.2, 0.25) is 0 Å². The molecule has 1 aromatic carbocycles. The Morgan fingerprint density at radius 1 is 1.26 bits per heavy atom. The highest BCUT2D eigenvalue weighted by Gasteiger charge is 2.33. The van der Waals surface area contributed by atoms with E-state index in [4.69, 9.17) is 4.74 Å². The second kappa shape index (κ2) is 7.43. The van der Waals surface area contributed by atoms with Gasteiger partial charge in [-0.2, -0.15) is 0 Å². The maximum atomic E-state index is 12.1. The first-order chi connectivity index (χ1) is 10.9. The molecule has 0 saturated carbocycles. The van der Waals surface area contributed by atoms with Gasteiger partial charge in [0.1, 0.15) is 0 Å². The Morgan fingerprint density at radius 3 is 2.43 bits per heavy atom. The normalized spacial score (nSPS) is 17.2. The molecule has 126 valence electrons. The summed E-state index contributed by atoms with van der Waals surface area (Å²) in [5.41, 5.74) is 2.16. The van der Waals surface area contributed by atoms with Crippen molar-refractivity contribution < 1.29 is 14.3 Å². The van der Waals surface area contributed by atoms with E-state index < -0.39 is 18.4 Å². The molecule has 3 N–H and O–H groups in total. The van der Waals surface area contributed by atoms with Gasteiger partial charge in [-0.05, 0) is 26.3 Å². The second-order valence-corrected chi connectivity index (χ2v) is 5.88. The molecular weight excluding hydrogens is 296 g/mol. The Bertz CT molecular complexity index is 558. The average molecular weight is 320 g/mol. The van der Waals surface area contributed by atoms with Gasteiger partial charge in [0.15, 0.2) is 6.29 Å². The number of amides is 4. The van der Waals surface area contributed by atoms with Gasteiger partial charge in [-0.3, -0.25) is 5.32 Å². The highest BCUT2D eigenvalue weighted by Crippen LogP contribution is 2.16. The number of hydrogen-bond acceptors (Lipinski definition) is 4. The highest BCUT2D eigenvalue weighted by atomic mass is 16.5. The number of ether oxygens (including phenoxy) is 1. The Balaban J connectivity index is 2.09. The van der Waals surface area contributed by atoms with Gasteiger partial charge >= 0.3 is 12.1 Å². The minimum atomic E-state index is -0.648. The van der Waals surface area contributed by atoms with Gasteiger partial charge in [-0.1, -0.05) is 29.8 Å². The molecule has 0 bridgehead atoms. The summed E-state index contributed by atoms with van der Waals surface area (Å²) in [4.78, 5) is 25.3. The van der Waals surface area contributed by atoms with Crippen molar-refractivity contribution in [1.82, 2.24) is 20.9 Å². The summed E-state index contributed by atoms with van der Waals surface area (Å²) in [6.07, 6.45) is -0.648. The fraction of sp³-hybridized carbons (Fsp3) is 0.500. The summed E-state index contributed by atoms with van der Waals surface area (Å²) >= 11 is 0. The van der Waals surface area contributed by atoms with Crippen molar-refractivity contribution >= 4 is 12.1 Å². The zero-order chi connectivity index (χ0) is 17.0. The van der Waals surface area contributed by atoms with E-state index in [1.165, 1.54) is 0 Å². The number of benzene rings is 1. The summed E-state index contributed by atoms with van der Waals surface area (Å²) in [5.74, 6) is 0. The lowest BCUT2D eigenvalue weighted by Crippen LogP contribution is -2.69. The largest absolute Gasteiger partial charge is 0.383 e. The van der Waals surface area contributed by atoms with Crippen LogP contribution in [0, 0.1) is 6.92 Å². The van der Waals surface area contributed by atoms with Crippen molar-refractivity contribution in [1.29, 1.82) is 0 Å². The average Bonchev–Trinajstić information content (AvgIpc) is 2.45.